The molecule has 29 heavy (non-hydrogen) atoms. The van der Waals surface area contributed by atoms with Crippen molar-refractivity contribution < 1.29 is 4.39 Å². The van der Waals surface area contributed by atoms with Crippen LogP contribution in [0.4, 0.5) is 4.39 Å². The van der Waals surface area contributed by atoms with E-state index in [1.165, 1.54) is 43.9 Å². The monoisotopic (exact) mass is 389 g/mol. The molecule has 0 amide bonds. The van der Waals surface area contributed by atoms with Gasteiger partial charge >= 0.3 is 0 Å². The van der Waals surface area contributed by atoms with Gasteiger partial charge in [0.1, 0.15) is 17.1 Å². The molecule has 0 bridgehead atoms. The third kappa shape index (κ3) is 3.85. The summed E-state index contributed by atoms with van der Waals surface area (Å²) in [6.07, 6.45) is 13.6. The van der Waals surface area contributed by atoms with Crippen LogP contribution in [0.2, 0.25) is 0 Å². The van der Waals surface area contributed by atoms with E-state index in [0.29, 0.717) is 39.6 Å². The SMILES string of the molecule is N#Cc1cnn2cc(/C(C=NC3CCCCC3)=C/N)nc(-c3ccc(F)nc3)c12. The standard InChI is InChI=1S/C21H20FN7/c22-19-7-6-14(10-26-19)20-21-16(9-24)12-27-29(21)13-18(28-20)15(8-23)11-25-17-4-2-1-3-5-17/h6-8,10-13,17H,1-5,23H2/b15-8+,25-11?. The van der Waals surface area contributed by atoms with Crippen LogP contribution in [-0.2, 0) is 0 Å². The molecule has 0 radical (unpaired) electrons. The predicted molar refractivity (Wildman–Crippen MR) is 108 cm³/mol. The molecule has 2 N–H and O–H groups in total. The highest BCUT2D eigenvalue weighted by molar-refractivity contribution is 6.09. The average molecular weight is 389 g/mol. The minimum atomic E-state index is -0.586. The topological polar surface area (TPSA) is 105 Å². The molecule has 1 aliphatic rings. The van der Waals surface area contributed by atoms with E-state index in [-0.39, 0.29) is 0 Å². The fraction of sp³-hybridized carbons (Fsp3) is 0.286. The van der Waals surface area contributed by atoms with E-state index in [1.807, 2.05) is 0 Å². The van der Waals surface area contributed by atoms with Gasteiger partial charge in [-0.3, -0.25) is 4.99 Å². The molecule has 3 heterocycles. The summed E-state index contributed by atoms with van der Waals surface area (Å²) in [5.41, 5.74) is 9.05. The summed E-state index contributed by atoms with van der Waals surface area (Å²) in [4.78, 5) is 13.1. The van der Waals surface area contributed by atoms with Crippen LogP contribution in [0.1, 0.15) is 43.4 Å². The number of hydrogen-bond acceptors (Lipinski definition) is 6. The molecule has 1 saturated carbocycles. The van der Waals surface area contributed by atoms with Crippen molar-refractivity contribution in [1.82, 2.24) is 19.6 Å². The Morgan fingerprint density at radius 3 is 2.79 bits per heavy atom. The van der Waals surface area contributed by atoms with E-state index in [0.717, 1.165) is 12.8 Å². The Hall–Kier alpha value is -3.60. The lowest BCUT2D eigenvalue weighted by Gasteiger charge is -2.17. The van der Waals surface area contributed by atoms with Crippen LogP contribution in [0.5, 0.6) is 0 Å². The number of hydrogen-bond donors (Lipinski definition) is 1. The zero-order valence-electron chi connectivity index (χ0n) is 15.8. The first-order valence-electron chi connectivity index (χ1n) is 9.55. The Labute approximate surface area is 167 Å². The molecule has 7 nitrogen and oxygen atoms in total. The molecule has 0 atom stereocenters. The molecule has 1 fully saturated rings. The van der Waals surface area contributed by atoms with Crippen LogP contribution in [0.15, 0.2) is 41.9 Å². The highest BCUT2D eigenvalue weighted by Gasteiger charge is 2.17. The molecule has 1 aliphatic carbocycles. The van der Waals surface area contributed by atoms with Gasteiger partial charge in [0.2, 0.25) is 5.95 Å². The van der Waals surface area contributed by atoms with Crippen LogP contribution in [-0.4, -0.2) is 31.8 Å². The highest BCUT2D eigenvalue weighted by Crippen LogP contribution is 2.27. The van der Waals surface area contributed by atoms with Crippen molar-refractivity contribution in [3.05, 3.63) is 54.1 Å². The molecule has 8 heteroatoms. The van der Waals surface area contributed by atoms with Gasteiger partial charge in [0, 0.05) is 35.8 Å². The van der Waals surface area contributed by atoms with Crippen LogP contribution in [0.3, 0.4) is 0 Å². The molecule has 0 aliphatic heterocycles. The molecule has 3 aromatic rings. The fourth-order valence-electron chi connectivity index (χ4n) is 3.56. The van der Waals surface area contributed by atoms with Crippen LogP contribution in [0, 0.1) is 17.3 Å². The van der Waals surface area contributed by atoms with Gasteiger partial charge in [-0.2, -0.15) is 14.8 Å². The first-order chi connectivity index (χ1) is 14.2. The lowest BCUT2D eigenvalue weighted by Crippen LogP contribution is -2.10. The molecule has 4 rings (SSSR count). The molecule has 3 aromatic heterocycles. The van der Waals surface area contributed by atoms with Gasteiger partial charge in [-0.25, -0.2) is 14.5 Å². The zero-order chi connectivity index (χ0) is 20.2. The summed E-state index contributed by atoms with van der Waals surface area (Å²) in [5.74, 6) is -0.586. The van der Waals surface area contributed by atoms with Crippen LogP contribution < -0.4 is 5.73 Å². The summed E-state index contributed by atoms with van der Waals surface area (Å²) < 4.78 is 14.9. The number of pyridine rings is 1. The second-order valence-corrected chi connectivity index (χ2v) is 7.00. The van der Waals surface area contributed by atoms with E-state index < -0.39 is 5.95 Å². The van der Waals surface area contributed by atoms with Gasteiger partial charge in [-0.15, -0.1) is 0 Å². The molecule has 0 spiro atoms. The van der Waals surface area contributed by atoms with Crippen LogP contribution >= 0.6 is 0 Å². The lowest BCUT2D eigenvalue weighted by atomic mass is 9.96. The largest absolute Gasteiger partial charge is 0.404 e. The minimum absolute atomic E-state index is 0.304. The number of fused-ring (bicyclic) bond motifs is 1. The number of aromatic nitrogens is 4. The number of aliphatic imine (C=N–C) groups is 1. The minimum Gasteiger partial charge on any atom is -0.404 e. The maximum atomic E-state index is 13.3. The maximum absolute atomic E-state index is 13.3. The normalized spacial score (nSPS) is 15.8. The van der Waals surface area contributed by atoms with Crippen molar-refractivity contribution >= 4 is 17.3 Å². The number of nitriles is 1. The average Bonchev–Trinajstić information content (AvgIpc) is 3.18. The lowest BCUT2D eigenvalue weighted by molar-refractivity contribution is 0.444. The molecule has 0 saturated heterocycles. The highest BCUT2D eigenvalue weighted by atomic mass is 19.1. The summed E-state index contributed by atoms with van der Waals surface area (Å²) in [6.45, 7) is 0. The first-order valence-corrected chi connectivity index (χ1v) is 9.55. The Bertz CT molecular complexity index is 1120. The first kappa shape index (κ1) is 18.7. The molecule has 146 valence electrons. The van der Waals surface area contributed by atoms with Gasteiger partial charge in [-0.1, -0.05) is 19.3 Å². The molecule has 0 unspecified atom stereocenters. The molecule has 0 aromatic carbocycles. The summed E-state index contributed by atoms with van der Waals surface area (Å²) in [5, 5.41) is 13.7. The van der Waals surface area contributed by atoms with E-state index in [9.17, 15) is 9.65 Å². The second-order valence-electron chi connectivity index (χ2n) is 7.00. The molecular formula is C21H20FN7. The smallest absolute Gasteiger partial charge is 0.212 e. The van der Waals surface area contributed by atoms with Crippen molar-refractivity contribution in [3.8, 4) is 17.3 Å². The summed E-state index contributed by atoms with van der Waals surface area (Å²) in [6, 6.07) is 5.25. The van der Waals surface area contributed by atoms with E-state index in [4.69, 9.17) is 10.7 Å². The van der Waals surface area contributed by atoms with Crippen molar-refractivity contribution in [2.75, 3.05) is 0 Å². The number of allylic oxidation sites excluding steroid dienone is 1. The van der Waals surface area contributed by atoms with Gasteiger partial charge in [-0.05, 0) is 25.0 Å². The van der Waals surface area contributed by atoms with Crippen LogP contribution in [0.25, 0.3) is 22.3 Å². The zero-order valence-corrected chi connectivity index (χ0v) is 15.8. The number of nitrogens with two attached hydrogens (primary N) is 1. The van der Waals surface area contributed by atoms with Crippen molar-refractivity contribution in [3.63, 3.8) is 0 Å². The summed E-state index contributed by atoms with van der Waals surface area (Å²) >= 11 is 0. The number of halogens is 1. The third-order valence-corrected chi connectivity index (χ3v) is 5.09. The van der Waals surface area contributed by atoms with E-state index >= 15 is 0 Å². The van der Waals surface area contributed by atoms with E-state index in [2.05, 4.69) is 21.1 Å². The van der Waals surface area contributed by atoms with Gasteiger partial charge in [0.15, 0.2) is 0 Å². The van der Waals surface area contributed by atoms with Gasteiger partial charge in [0.05, 0.1) is 23.8 Å². The Balaban J connectivity index is 1.79. The second kappa shape index (κ2) is 8.19. The van der Waals surface area contributed by atoms with Crippen molar-refractivity contribution in [2.45, 2.75) is 38.1 Å². The number of rotatable bonds is 4. The Kier molecular flexibility index (Phi) is 5.29. The van der Waals surface area contributed by atoms with Crippen molar-refractivity contribution in [1.29, 1.82) is 5.26 Å². The van der Waals surface area contributed by atoms with Gasteiger partial charge < -0.3 is 5.73 Å². The Morgan fingerprint density at radius 1 is 1.28 bits per heavy atom. The molecular weight excluding hydrogens is 369 g/mol. The van der Waals surface area contributed by atoms with E-state index in [1.54, 1.807) is 23.0 Å². The number of nitrogens with zero attached hydrogens (tertiary/aromatic N) is 6. The summed E-state index contributed by atoms with van der Waals surface area (Å²) in [7, 11) is 0. The van der Waals surface area contributed by atoms with Crippen molar-refractivity contribution in [2.24, 2.45) is 10.7 Å². The quantitative estimate of drug-likeness (QED) is 0.543. The van der Waals surface area contributed by atoms with Gasteiger partial charge in [0.25, 0.3) is 0 Å². The fourth-order valence-corrected chi connectivity index (χ4v) is 3.56. The third-order valence-electron chi connectivity index (χ3n) is 5.09. The predicted octanol–water partition coefficient (Wildman–Crippen LogP) is 3.51. The Morgan fingerprint density at radius 2 is 2.10 bits per heavy atom. The maximum Gasteiger partial charge on any atom is 0.212 e.